The summed E-state index contributed by atoms with van der Waals surface area (Å²) in [6.45, 7) is 3.68. The first-order valence-corrected chi connectivity index (χ1v) is 12.6. The topological polar surface area (TPSA) is 44.7 Å². The van der Waals surface area contributed by atoms with Crippen molar-refractivity contribution in [3.05, 3.63) is 64.7 Å². The second kappa shape index (κ2) is 11.5. The molecule has 0 aromatic heterocycles. The van der Waals surface area contributed by atoms with E-state index >= 15 is 0 Å². The van der Waals surface area contributed by atoms with Gasteiger partial charge in [-0.25, -0.2) is 0 Å². The van der Waals surface area contributed by atoms with Gasteiger partial charge in [-0.1, -0.05) is 60.8 Å². The molecule has 2 aliphatic rings. The number of hydrogen-bond acceptors (Lipinski definition) is 4. The highest BCUT2D eigenvalue weighted by molar-refractivity contribution is 6.32. The van der Waals surface area contributed by atoms with Gasteiger partial charge >= 0.3 is 0 Å². The number of rotatable bonds is 8. The first-order chi connectivity index (χ1) is 15.6. The van der Waals surface area contributed by atoms with Gasteiger partial charge in [0.25, 0.3) is 0 Å². The van der Waals surface area contributed by atoms with Gasteiger partial charge in [0.05, 0.1) is 11.1 Å². The van der Waals surface area contributed by atoms with Crippen LogP contribution in [0.3, 0.4) is 0 Å². The third-order valence-corrected chi connectivity index (χ3v) is 7.58. The summed E-state index contributed by atoms with van der Waals surface area (Å²) in [5, 5.41) is 15.0. The van der Waals surface area contributed by atoms with Crippen molar-refractivity contribution in [2.75, 3.05) is 26.7 Å². The molecule has 1 saturated heterocycles. The highest BCUT2D eigenvalue weighted by Gasteiger charge is 2.34. The average Bonchev–Trinajstić information content (AvgIpc) is 2.83. The van der Waals surface area contributed by atoms with Crippen molar-refractivity contribution in [3.8, 4) is 5.75 Å². The van der Waals surface area contributed by atoms with Crippen LogP contribution in [0.5, 0.6) is 5.75 Å². The molecule has 0 radical (unpaired) electrons. The number of piperidine rings is 1. The molecule has 0 amide bonds. The summed E-state index contributed by atoms with van der Waals surface area (Å²) in [6, 6.07) is 17.0. The fourth-order valence-electron chi connectivity index (χ4n) is 5.43. The van der Waals surface area contributed by atoms with Gasteiger partial charge in [-0.3, -0.25) is 0 Å². The minimum Gasteiger partial charge on any atom is -0.487 e. The van der Waals surface area contributed by atoms with E-state index in [2.05, 4.69) is 41.5 Å². The predicted molar refractivity (Wildman–Crippen MR) is 131 cm³/mol. The summed E-state index contributed by atoms with van der Waals surface area (Å²) in [7, 11) is 2.06. The van der Waals surface area contributed by atoms with Gasteiger partial charge < -0.3 is 20.1 Å². The van der Waals surface area contributed by atoms with Crippen LogP contribution in [0.25, 0.3) is 0 Å². The molecule has 32 heavy (non-hydrogen) atoms. The molecule has 1 aliphatic heterocycles. The van der Waals surface area contributed by atoms with Crippen molar-refractivity contribution < 1.29 is 9.84 Å². The lowest BCUT2D eigenvalue weighted by Crippen LogP contribution is -2.47. The van der Waals surface area contributed by atoms with Crippen LogP contribution in [-0.4, -0.2) is 48.8 Å². The van der Waals surface area contributed by atoms with Crippen LogP contribution < -0.4 is 10.1 Å². The number of nitrogens with one attached hydrogen (secondary N) is 1. The summed E-state index contributed by atoms with van der Waals surface area (Å²) >= 11 is 6.69. The van der Waals surface area contributed by atoms with Gasteiger partial charge in [0.2, 0.25) is 0 Å². The monoisotopic (exact) mass is 456 g/mol. The van der Waals surface area contributed by atoms with Gasteiger partial charge in [0.15, 0.2) is 0 Å². The first-order valence-electron chi connectivity index (χ1n) is 12.2. The number of benzene rings is 2. The van der Waals surface area contributed by atoms with Crippen molar-refractivity contribution >= 4 is 11.6 Å². The average molecular weight is 457 g/mol. The molecule has 4 atom stereocenters. The lowest BCUT2D eigenvalue weighted by atomic mass is 9.74. The largest absolute Gasteiger partial charge is 0.487 e. The van der Waals surface area contributed by atoms with Gasteiger partial charge in [-0.05, 0) is 68.5 Å². The molecular weight excluding hydrogens is 420 g/mol. The van der Waals surface area contributed by atoms with Crippen LogP contribution >= 0.6 is 11.6 Å². The Bertz CT molecular complexity index is 847. The SMILES string of the molecule is CN[C@H]1CCCN(CC(c2ccc(OCc3ccccc3)c(Cl)c2)C2CCCCC2O)C1. The third kappa shape index (κ3) is 6.05. The van der Waals surface area contributed by atoms with E-state index < -0.39 is 0 Å². The normalized spacial score (nSPS) is 25.4. The zero-order valence-corrected chi connectivity index (χ0v) is 19.9. The van der Waals surface area contributed by atoms with E-state index in [-0.39, 0.29) is 17.9 Å². The van der Waals surface area contributed by atoms with Crippen LogP contribution in [0.4, 0.5) is 0 Å². The molecule has 5 heteroatoms. The molecule has 2 fully saturated rings. The zero-order chi connectivity index (χ0) is 22.3. The standard InChI is InChI=1S/C27H37ClN2O2/c1-29-22-10-7-15-30(17-22)18-24(23-11-5-6-12-26(23)31)21-13-14-27(25(28)16-21)32-19-20-8-3-2-4-9-20/h2-4,8-9,13-14,16,22-24,26,29,31H,5-7,10-12,15,17-19H2,1H3/t22-,23?,24?,26?/m0/s1. The number of aliphatic hydroxyl groups excluding tert-OH is 1. The molecule has 1 aliphatic carbocycles. The highest BCUT2D eigenvalue weighted by Crippen LogP contribution is 2.39. The summed E-state index contributed by atoms with van der Waals surface area (Å²) in [6.07, 6.45) is 6.55. The minimum absolute atomic E-state index is 0.230. The number of likely N-dealkylation sites (tertiary alicyclic amines) is 1. The Hall–Kier alpha value is -1.59. The van der Waals surface area contributed by atoms with Gasteiger partial charge in [0, 0.05) is 25.0 Å². The van der Waals surface area contributed by atoms with E-state index in [0.717, 1.165) is 50.2 Å². The van der Waals surface area contributed by atoms with E-state index in [1.807, 2.05) is 24.3 Å². The Morgan fingerprint density at radius 1 is 1.09 bits per heavy atom. The highest BCUT2D eigenvalue weighted by atomic mass is 35.5. The van der Waals surface area contributed by atoms with Crippen LogP contribution in [-0.2, 0) is 6.61 Å². The number of aliphatic hydroxyl groups is 1. The predicted octanol–water partition coefficient (Wildman–Crippen LogP) is 5.24. The fourth-order valence-corrected chi connectivity index (χ4v) is 5.68. The van der Waals surface area contributed by atoms with Crippen molar-refractivity contribution in [3.63, 3.8) is 0 Å². The lowest BCUT2D eigenvalue weighted by Gasteiger charge is -2.40. The second-order valence-corrected chi connectivity index (χ2v) is 9.88. The van der Waals surface area contributed by atoms with Gasteiger partial charge in [-0.2, -0.15) is 0 Å². The number of likely N-dealkylation sites (N-methyl/N-ethyl adjacent to an activating group) is 1. The number of ether oxygens (including phenoxy) is 1. The maximum Gasteiger partial charge on any atom is 0.138 e. The summed E-state index contributed by atoms with van der Waals surface area (Å²) in [5.74, 6) is 1.28. The number of halogens is 1. The van der Waals surface area contributed by atoms with Crippen molar-refractivity contribution in [2.45, 2.75) is 63.2 Å². The van der Waals surface area contributed by atoms with Crippen molar-refractivity contribution in [1.82, 2.24) is 10.2 Å². The van der Waals surface area contributed by atoms with Crippen LogP contribution in [0.15, 0.2) is 48.5 Å². The summed E-state index contributed by atoms with van der Waals surface area (Å²) < 4.78 is 6.00. The van der Waals surface area contributed by atoms with Crippen LogP contribution in [0.1, 0.15) is 55.6 Å². The van der Waals surface area contributed by atoms with E-state index in [1.54, 1.807) is 0 Å². The molecule has 0 bridgehead atoms. The third-order valence-electron chi connectivity index (χ3n) is 7.29. The van der Waals surface area contributed by atoms with Crippen molar-refractivity contribution in [2.24, 2.45) is 5.92 Å². The molecule has 2 aromatic rings. The molecule has 4 nitrogen and oxygen atoms in total. The lowest BCUT2D eigenvalue weighted by molar-refractivity contribution is 0.0427. The molecule has 1 saturated carbocycles. The Balaban J connectivity index is 1.51. The van der Waals surface area contributed by atoms with Gasteiger partial charge in [-0.15, -0.1) is 0 Å². The number of hydrogen-bond donors (Lipinski definition) is 2. The molecule has 3 unspecified atom stereocenters. The fraction of sp³-hybridized carbons (Fsp3) is 0.556. The minimum atomic E-state index is -0.230. The van der Waals surface area contributed by atoms with E-state index in [0.29, 0.717) is 17.7 Å². The quantitative estimate of drug-likeness (QED) is 0.570. The molecule has 174 valence electrons. The maximum absolute atomic E-state index is 10.9. The molecular formula is C27H37ClN2O2. The Labute approximate surface area is 197 Å². The van der Waals surface area contributed by atoms with E-state index in [4.69, 9.17) is 16.3 Å². The molecule has 0 spiro atoms. The number of nitrogens with zero attached hydrogens (tertiary/aromatic N) is 1. The van der Waals surface area contributed by atoms with Crippen molar-refractivity contribution in [1.29, 1.82) is 0 Å². The van der Waals surface area contributed by atoms with E-state index in [1.165, 1.54) is 24.8 Å². The molecule has 1 heterocycles. The van der Waals surface area contributed by atoms with Crippen LogP contribution in [0, 0.1) is 5.92 Å². The second-order valence-electron chi connectivity index (χ2n) is 9.47. The van der Waals surface area contributed by atoms with E-state index in [9.17, 15) is 5.11 Å². The molecule has 2 aromatic carbocycles. The molecule has 4 rings (SSSR count). The van der Waals surface area contributed by atoms with Gasteiger partial charge in [0.1, 0.15) is 12.4 Å². The summed E-state index contributed by atoms with van der Waals surface area (Å²) in [4.78, 5) is 2.57. The van der Waals surface area contributed by atoms with Crippen LogP contribution in [0.2, 0.25) is 5.02 Å². The maximum atomic E-state index is 10.9. The Kier molecular flexibility index (Phi) is 8.48. The zero-order valence-electron chi connectivity index (χ0n) is 19.2. The summed E-state index contributed by atoms with van der Waals surface area (Å²) in [5.41, 5.74) is 2.35. The Morgan fingerprint density at radius 2 is 1.91 bits per heavy atom. The molecule has 2 N–H and O–H groups in total. The smallest absolute Gasteiger partial charge is 0.138 e. The first kappa shape index (κ1) is 23.6. The Morgan fingerprint density at radius 3 is 2.66 bits per heavy atom.